The van der Waals surface area contributed by atoms with Gasteiger partial charge in [0.15, 0.2) is 0 Å². The zero-order valence-electron chi connectivity index (χ0n) is 11.3. The standard InChI is InChI=1S/C16H22N2O/c17-14-9-2-1-7-12(14)16(19)13-8-3-5-11-6-4-10-18-15(11)13/h4,6,10,12-14H,1-3,5,7-9,17H2. The van der Waals surface area contributed by atoms with Gasteiger partial charge in [-0.1, -0.05) is 18.9 Å². The average Bonchev–Trinajstić information content (AvgIpc) is 2.46. The van der Waals surface area contributed by atoms with Crippen LogP contribution in [0.25, 0.3) is 0 Å². The number of carbonyl (C=O) groups is 1. The van der Waals surface area contributed by atoms with E-state index in [-0.39, 0.29) is 17.9 Å². The highest BCUT2D eigenvalue weighted by molar-refractivity contribution is 5.88. The third-order valence-corrected chi connectivity index (χ3v) is 4.72. The molecule has 1 fully saturated rings. The summed E-state index contributed by atoms with van der Waals surface area (Å²) in [6, 6.07) is 4.15. The number of pyridine rings is 1. The molecule has 0 radical (unpaired) electrons. The van der Waals surface area contributed by atoms with Crippen molar-refractivity contribution in [1.29, 1.82) is 0 Å². The molecule has 102 valence electrons. The van der Waals surface area contributed by atoms with Crippen LogP contribution in [0.15, 0.2) is 18.3 Å². The fraction of sp³-hybridized carbons (Fsp3) is 0.625. The molecule has 0 saturated heterocycles. The fourth-order valence-corrected chi connectivity index (χ4v) is 3.66. The summed E-state index contributed by atoms with van der Waals surface area (Å²) in [5.41, 5.74) is 8.45. The zero-order valence-corrected chi connectivity index (χ0v) is 11.3. The number of aromatic nitrogens is 1. The van der Waals surface area contributed by atoms with Gasteiger partial charge in [-0.05, 0) is 43.7 Å². The van der Waals surface area contributed by atoms with Gasteiger partial charge in [0, 0.05) is 18.2 Å². The number of nitrogens with two attached hydrogens (primary N) is 1. The summed E-state index contributed by atoms with van der Waals surface area (Å²) in [6.07, 6.45) is 9.20. The molecule has 1 aromatic heterocycles. The third kappa shape index (κ3) is 2.44. The Bertz CT molecular complexity index is 472. The molecule has 0 bridgehead atoms. The first-order chi connectivity index (χ1) is 9.27. The van der Waals surface area contributed by atoms with Crippen molar-refractivity contribution in [2.45, 2.75) is 56.9 Å². The van der Waals surface area contributed by atoms with E-state index in [2.05, 4.69) is 11.1 Å². The van der Waals surface area contributed by atoms with Gasteiger partial charge in [-0.25, -0.2) is 0 Å². The van der Waals surface area contributed by atoms with Crippen LogP contribution in [0.3, 0.4) is 0 Å². The Kier molecular flexibility index (Phi) is 3.65. The molecule has 3 rings (SSSR count). The second kappa shape index (κ2) is 5.41. The van der Waals surface area contributed by atoms with E-state index in [1.54, 1.807) is 0 Å². The van der Waals surface area contributed by atoms with E-state index in [0.29, 0.717) is 5.78 Å². The largest absolute Gasteiger partial charge is 0.327 e. The Morgan fingerprint density at radius 3 is 2.89 bits per heavy atom. The molecule has 0 aliphatic heterocycles. The summed E-state index contributed by atoms with van der Waals surface area (Å²) in [6.45, 7) is 0. The van der Waals surface area contributed by atoms with Crippen molar-refractivity contribution >= 4 is 5.78 Å². The second-order valence-corrected chi connectivity index (χ2v) is 5.95. The van der Waals surface area contributed by atoms with E-state index in [1.165, 1.54) is 12.0 Å². The predicted molar refractivity (Wildman–Crippen MR) is 74.9 cm³/mol. The van der Waals surface area contributed by atoms with Crippen LogP contribution in [0.2, 0.25) is 0 Å². The van der Waals surface area contributed by atoms with Crippen molar-refractivity contribution in [3.05, 3.63) is 29.6 Å². The first-order valence-electron chi connectivity index (χ1n) is 7.50. The Labute approximate surface area is 114 Å². The molecule has 3 nitrogen and oxygen atoms in total. The number of Topliss-reactive ketones (excluding diaryl/α,β-unsaturated/α-hetero) is 1. The molecule has 2 N–H and O–H groups in total. The summed E-state index contributed by atoms with van der Waals surface area (Å²) in [5, 5.41) is 0. The molecule has 1 saturated carbocycles. The molecular weight excluding hydrogens is 236 g/mol. The highest BCUT2D eigenvalue weighted by Crippen LogP contribution is 2.35. The normalized spacial score (nSPS) is 30.7. The van der Waals surface area contributed by atoms with E-state index >= 15 is 0 Å². The van der Waals surface area contributed by atoms with Crippen LogP contribution in [-0.4, -0.2) is 16.8 Å². The number of hydrogen-bond acceptors (Lipinski definition) is 3. The Morgan fingerprint density at radius 1 is 1.21 bits per heavy atom. The molecule has 0 amide bonds. The van der Waals surface area contributed by atoms with Crippen LogP contribution in [-0.2, 0) is 11.2 Å². The lowest BCUT2D eigenvalue weighted by molar-refractivity contribution is -0.126. The van der Waals surface area contributed by atoms with Crippen LogP contribution in [0.4, 0.5) is 0 Å². The number of aryl methyl sites for hydroxylation is 1. The van der Waals surface area contributed by atoms with Crippen molar-refractivity contribution in [1.82, 2.24) is 4.98 Å². The minimum Gasteiger partial charge on any atom is -0.327 e. The first-order valence-corrected chi connectivity index (χ1v) is 7.50. The van der Waals surface area contributed by atoms with Gasteiger partial charge in [0.2, 0.25) is 0 Å². The van der Waals surface area contributed by atoms with E-state index in [4.69, 9.17) is 5.73 Å². The van der Waals surface area contributed by atoms with Gasteiger partial charge >= 0.3 is 0 Å². The smallest absolute Gasteiger partial charge is 0.146 e. The number of ketones is 1. The van der Waals surface area contributed by atoms with E-state index in [9.17, 15) is 4.79 Å². The molecule has 0 aromatic carbocycles. The highest BCUT2D eigenvalue weighted by atomic mass is 16.1. The van der Waals surface area contributed by atoms with Crippen molar-refractivity contribution in [2.24, 2.45) is 11.7 Å². The summed E-state index contributed by atoms with van der Waals surface area (Å²) in [4.78, 5) is 17.3. The van der Waals surface area contributed by atoms with E-state index in [0.717, 1.165) is 44.2 Å². The van der Waals surface area contributed by atoms with Crippen molar-refractivity contribution in [3.63, 3.8) is 0 Å². The quantitative estimate of drug-likeness (QED) is 0.887. The first kappa shape index (κ1) is 12.8. The molecule has 2 aliphatic carbocycles. The maximum Gasteiger partial charge on any atom is 0.146 e. The van der Waals surface area contributed by atoms with E-state index in [1.807, 2.05) is 12.3 Å². The fourth-order valence-electron chi connectivity index (χ4n) is 3.66. The molecular formula is C16H22N2O. The average molecular weight is 258 g/mol. The molecule has 3 atom stereocenters. The lowest BCUT2D eigenvalue weighted by atomic mass is 9.74. The van der Waals surface area contributed by atoms with Gasteiger partial charge in [-0.2, -0.15) is 0 Å². The Hall–Kier alpha value is -1.22. The molecule has 3 heteroatoms. The number of hydrogen-bond donors (Lipinski definition) is 1. The van der Waals surface area contributed by atoms with Crippen molar-refractivity contribution < 1.29 is 4.79 Å². The lowest BCUT2D eigenvalue weighted by Gasteiger charge is -2.32. The Balaban J connectivity index is 1.84. The minimum atomic E-state index is -0.000833. The summed E-state index contributed by atoms with van der Waals surface area (Å²) in [7, 11) is 0. The number of nitrogens with zero attached hydrogens (tertiary/aromatic N) is 1. The maximum absolute atomic E-state index is 12.8. The molecule has 0 spiro atoms. The summed E-state index contributed by atoms with van der Waals surface area (Å²) >= 11 is 0. The maximum atomic E-state index is 12.8. The predicted octanol–water partition coefficient (Wildman–Crippen LogP) is 2.59. The van der Waals surface area contributed by atoms with Crippen LogP contribution in [0, 0.1) is 5.92 Å². The zero-order chi connectivity index (χ0) is 13.2. The minimum absolute atomic E-state index is 0.000833. The van der Waals surface area contributed by atoms with Gasteiger partial charge in [0.25, 0.3) is 0 Å². The molecule has 1 aromatic rings. The molecule has 19 heavy (non-hydrogen) atoms. The van der Waals surface area contributed by atoms with Gasteiger partial charge in [0.1, 0.15) is 5.78 Å². The number of fused-ring (bicyclic) bond motifs is 1. The SMILES string of the molecule is NC1CCCCC1C(=O)C1CCCc2cccnc21. The van der Waals surface area contributed by atoms with Gasteiger partial charge in [-0.3, -0.25) is 9.78 Å². The third-order valence-electron chi connectivity index (χ3n) is 4.72. The van der Waals surface area contributed by atoms with Gasteiger partial charge in [0.05, 0.1) is 11.6 Å². The van der Waals surface area contributed by atoms with Crippen LogP contribution < -0.4 is 5.73 Å². The van der Waals surface area contributed by atoms with E-state index < -0.39 is 0 Å². The molecule has 3 unspecified atom stereocenters. The number of carbonyl (C=O) groups excluding carboxylic acids is 1. The van der Waals surface area contributed by atoms with Crippen molar-refractivity contribution in [2.75, 3.05) is 0 Å². The Morgan fingerprint density at radius 2 is 2.05 bits per heavy atom. The summed E-state index contributed by atoms with van der Waals surface area (Å²) < 4.78 is 0. The van der Waals surface area contributed by atoms with Crippen LogP contribution in [0.1, 0.15) is 55.7 Å². The second-order valence-electron chi connectivity index (χ2n) is 5.95. The highest BCUT2D eigenvalue weighted by Gasteiger charge is 2.36. The van der Waals surface area contributed by atoms with Crippen molar-refractivity contribution in [3.8, 4) is 0 Å². The topological polar surface area (TPSA) is 56.0 Å². The van der Waals surface area contributed by atoms with Crippen LogP contribution in [0.5, 0.6) is 0 Å². The summed E-state index contributed by atoms with van der Waals surface area (Å²) in [5.74, 6) is 0.414. The molecule has 1 heterocycles. The lowest BCUT2D eigenvalue weighted by Crippen LogP contribution is -2.40. The number of rotatable bonds is 2. The monoisotopic (exact) mass is 258 g/mol. The molecule has 2 aliphatic rings. The van der Waals surface area contributed by atoms with Gasteiger partial charge in [-0.15, -0.1) is 0 Å². The van der Waals surface area contributed by atoms with Crippen LogP contribution >= 0.6 is 0 Å². The van der Waals surface area contributed by atoms with Gasteiger partial charge < -0.3 is 5.73 Å².